The maximum atomic E-state index is 12.6. The lowest BCUT2D eigenvalue weighted by atomic mass is 10.2. The smallest absolute Gasteiger partial charge is 0.322 e. The van der Waals surface area contributed by atoms with Crippen molar-refractivity contribution in [3.63, 3.8) is 0 Å². The standard InChI is InChI=1S/C17H23N3O3/c1-13-6-7-16(22-2)15(11-13)19-17(21)20(9-4-8-18)12-14-5-3-10-23-14/h6-7,11,14H,3-5,9-10,12H2,1-2H3,(H,19,21). The van der Waals surface area contributed by atoms with Crippen LogP contribution in [0.1, 0.15) is 24.8 Å². The van der Waals surface area contributed by atoms with Crippen molar-refractivity contribution in [2.45, 2.75) is 32.3 Å². The Balaban J connectivity index is 2.07. The van der Waals surface area contributed by atoms with Crippen LogP contribution in [-0.4, -0.2) is 43.8 Å². The Morgan fingerprint density at radius 2 is 2.39 bits per heavy atom. The Morgan fingerprint density at radius 1 is 1.57 bits per heavy atom. The number of aryl methyl sites for hydroxylation is 1. The van der Waals surface area contributed by atoms with Gasteiger partial charge in [-0.15, -0.1) is 0 Å². The van der Waals surface area contributed by atoms with Crippen LogP contribution in [0.4, 0.5) is 10.5 Å². The number of nitriles is 1. The minimum atomic E-state index is -0.236. The number of benzene rings is 1. The molecule has 124 valence electrons. The summed E-state index contributed by atoms with van der Waals surface area (Å²) in [4.78, 5) is 14.2. The number of nitrogens with zero attached hydrogens (tertiary/aromatic N) is 2. The monoisotopic (exact) mass is 317 g/mol. The van der Waals surface area contributed by atoms with Gasteiger partial charge in [0.15, 0.2) is 0 Å². The van der Waals surface area contributed by atoms with Gasteiger partial charge in [0, 0.05) is 19.7 Å². The zero-order valence-electron chi connectivity index (χ0n) is 13.7. The van der Waals surface area contributed by atoms with Crippen LogP contribution in [0.25, 0.3) is 0 Å². The van der Waals surface area contributed by atoms with Gasteiger partial charge in [0.1, 0.15) is 5.75 Å². The fourth-order valence-electron chi connectivity index (χ4n) is 2.61. The van der Waals surface area contributed by atoms with Crippen LogP contribution >= 0.6 is 0 Å². The number of methoxy groups -OCH3 is 1. The molecule has 1 atom stereocenters. The summed E-state index contributed by atoms with van der Waals surface area (Å²) in [5.41, 5.74) is 1.66. The van der Waals surface area contributed by atoms with Crippen molar-refractivity contribution in [2.75, 3.05) is 32.1 Å². The van der Waals surface area contributed by atoms with Gasteiger partial charge in [-0.05, 0) is 37.5 Å². The van der Waals surface area contributed by atoms with Gasteiger partial charge in [0.2, 0.25) is 0 Å². The van der Waals surface area contributed by atoms with E-state index in [4.69, 9.17) is 14.7 Å². The van der Waals surface area contributed by atoms with Crippen LogP contribution in [0.5, 0.6) is 5.75 Å². The second-order valence-electron chi connectivity index (χ2n) is 5.62. The third-order valence-electron chi connectivity index (χ3n) is 3.83. The molecule has 1 aromatic carbocycles. The average molecular weight is 317 g/mol. The number of urea groups is 1. The van der Waals surface area contributed by atoms with Crippen molar-refractivity contribution in [1.82, 2.24) is 4.90 Å². The van der Waals surface area contributed by atoms with Gasteiger partial charge in [-0.1, -0.05) is 6.07 Å². The highest BCUT2D eigenvalue weighted by molar-refractivity contribution is 5.91. The fourth-order valence-corrected chi connectivity index (χ4v) is 2.61. The highest BCUT2D eigenvalue weighted by Gasteiger charge is 2.23. The number of amides is 2. The molecule has 0 radical (unpaired) electrons. The molecule has 0 aliphatic carbocycles. The lowest BCUT2D eigenvalue weighted by molar-refractivity contribution is 0.0841. The van der Waals surface area contributed by atoms with Crippen molar-refractivity contribution in [1.29, 1.82) is 5.26 Å². The van der Waals surface area contributed by atoms with Crippen molar-refractivity contribution in [3.05, 3.63) is 23.8 Å². The van der Waals surface area contributed by atoms with Gasteiger partial charge in [0.05, 0.1) is 31.4 Å². The van der Waals surface area contributed by atoms with E-state index in [1.165, 1.54) is 0 Å². The largest absolute Gasteiger partial charge is 0.495 e. The molecule has 2 amide bonds. The summed E-state index contributed by atoms with van der Waals surface area (Å²) in [5.74, 6) is 0.612. The minimum absolute atomic E-state index is 0.0545. The zero-order chi connectivity index (χ0) is 16.7. The lowest BCUT2D eigenvalue weighted by Gasteiger charge is -2.25. The maximum Gasteiger partial charge on any atom is 0.322 e. The van der Waals surface area contributed by atoms with Crippen molar-refractivity contribution >= 4 is 11.7 Å². The summed E-state index contributed by atoms with van der Waals surface area (Å²) in [5, 5.41) is 11.7. The number of hydrogen-bond acceptors (Lipinski definition) is 4. The third-order valence-corrected chi connectivity index (χ3v) is 3.83. The second-order valence-corrected chi connectivity index (χ2v) is 5.62. The fraction of sp³-hybridized carbons (Fsp3) is 0.529. The van der Waals surface area contributed by atoms with Gasteiger partial charge in [-0.3, -0.25) is 0 Å². The molecule has 1 unspecified atom stereocenters. The van der Waals surface area contributed by atoms with Crippen molar-refractivity contribution < 1.29 is 14.3 Å². The number of carbonyl (C=O) groups is 1. The summed E-state index contributed by atoms with van der Waals surface area (Å²) < 4.78 is 10.9. The van der Waals surface area contributed by atoms with E-state index in [-0.39, 0.29) is 12.1 Å². The summed E-state index contributed by atoms with van der Waals surface area (Å²) in [6.07, 6.45) is 2.32. The van der Waals surface area contributed by atoms with Gasteiger partial charge >= 0.3 is 6.03 Å². The average Bonchev–Trinajstić information content (AvgIpc) is 3.04. The van der Waals surface area contributed by atoms with E-state index in [9.17, 15) is 4.79 Å². The van der Waals surface area contributed by atoms with Crippen LogP contribution in [0.3, 0.4) is 0 Å². The van der Waals surface area contributed by atoms with Gasteiger partial charge < -0.3 is 19.7 Å². The van der Waals surface area contributed by atoms with Gasteiger partial charge in [-0.25, -0.2) is 4.79 Å². The topological polar surface area (TPSA) is 74.6 Å². The number of ether oxygens (including phenoxy) is 2. The number of rotatable bonds is 6. The summed E-state index contributed by atoms with van der Waals surface area (Å²) in [7, 11) is 1.57. The highest BCUT2D eigenvalue weighted by atomic mass is 16.5. The van der Waals surface area contributed by atoms with Crippen molar-refractivity contribution in [3.8, 4) is 11.8 Å². The molecule has 0 bridgehead atoms. The molecule has 1 heterocycles. The first kappa shape index (κ1) is 17.1. The first-order valence-corrected chi connectivity index (χ1v) is 7.83. The molecule has 0 spiro atoms. The Bertz CT molecular complexity index is 577. The van der Waals surface area contributed by atoms with E-state index in [0.29, 0.717) is 30.9 Å². The number of anilines is 1. The predicted octanol–water partition coefficient (Wildman–Crippen LogP) is 2.93. The van der Waals surface area contributed by atoms with Gasteiger partial charge in [-0.2, -0.15) is 5.26 Å². The van der Waals surface area contributed by atoms with E-state index in [1.807, 2.05) is 25.1 Å². The van der Waals surface area contributed by atoms with E-state index in [1.54, 1.807) is 12.0 Å². The Hall–Kier alpha value is -2.26. The molecule has 1 fully saturated rings. The molecule has 6 heteroatoms. The molecule has 1 saturated heterocycles. The number of hydrogen-bond donors (Lipinski definition) is 1. The molecule has 1 aliphatic rings. The zero-order valence-corrected chi connectivity index (χ0v) is 13.7. The second kappa shape index (κ2) is 8.39. The predicted molar refractivity (Wildman–Crippen MR) is 87.5 cm³/mol. The first-order valence-electron chi connectivity index (χ1n) is 7.83. The molecule has 1 N–H and O–H groups in total. The van der Waals surface area contributed by atoms with Crippen LogP contribution in [-0.2, 0) is 4.74 Å². The van der Waals surface area contributed by atoms with Crippen molar-refractivity contribution in [2.24, 2.45) is 0 Å². The normalized spacial score (nSPS) is 16.7. The van der Waals surface area contributed by atoms with Crippen LogP contribution in [0.2, 0.25) is 0 Å². The first-order chi connectivity index (χ1) is 11.1. The quantitative estimate of drug-likeness (QED) is 0.875. The minimum Gasteiger partial charge on any atom is -0.495 e. The maximum absolute atomic E-state index is 12.6. The Labute approximate surface area is 137 Å². The highest BCUT2D eigenvalue weighted by Crippen LogP contribution is 2.25. The Kier molecular flexibility index (Phi) is 6.24. The van der Waals surface area contributed by atoms with Crippen LogP contribution < -0.4 is 10.1 Å². The van der Waals surface area contributed by atoms with Crippen LogP contribution in [0, 0.1) is 18.3 Å². The van der Waals surface area contributed by atoms with E-state index in [0.717, 1.165) is 25.0 Å². The molecule has 0 aromatic heterocycles. The SMILES string of the molecule is COc1ccc(C)cc1NC(=O)N(CCC#N)CC1CCCO1. The summed E-state index contributed by atoms with van der Waals surface area (Å²) >= 11 is 0. The molecule has 23 heavy (non-hydrogen) atoms. The third kappa shape index (κ3) is 4.86. The molecule has 1 aliphatic heterocycles. The Morgan fingerprint density at radius 3 is 3.04 bits per heavy atom. The molecular weight excluding hydrogens is 294 g/mol. The molecule has 6 nitrogen and oxygen atoms in total. The summed E-state index contributed by atoms with van der Waals surface area (Å²) in [6, 6.07) is 7.47. The lowest BCUT2D eigenvalue weighted by Crippen LogP contribution is -2.40. The van der Waals surface area contributed by atoms with E-state index >= 15 is 0 Å². The molecule has 1 aromatic rings. The number of carbonyl (C=O) groups excluding carboxylic acids is 1. The van der Waals surface area contributed by atoms with E-state index in [2.05, 4.69) is 11.4 Å². The van der Waals surface area contributed by atoms with Gasteiger partial charge in [0.25, 0.3) is 0 Å². The van der Waals surface area contributed by atoms with Crippen LogP contribution in [0.15, 0.2) is 18.2 Å². The summed E-state index contributed by atoms with van der Waals surface area (Å²) in [6.45, 7) is 3.58. The molecule has 0 saturated carbocycles. The molecule has 2 rings (SSSR count). The van der Waals surface area contributed by atoms with E-state index < -0.39 is 0 Å². The molecular formula is C17H23N3O3. The number of nitrogens with one attached hydrogen (secondary N) is 1.